The maximum absolute atomic E-state index is 9.22. The van der Waals surface area contributed by atoms with Gasteiger partial charge in [-0.15, -0.1) is 0 Å². The van der Waals surface area contributed by atoms with Crippen molar-refractivity contribution in [1.29, 1.82) is 5.26 Å². The van der Waals surface area contributed by atoms with Gasteiger partial charge in [-0.3, -0.25) is 0 Å². The maximum atomic E-state index is 9.22. The van der Waals surface area contributed by atoms with E-state index in [0.717, 1.165) is 17.1 Å². The molecule has 2 rings (SSSR count). The molecule has 1 aromatic heterocycles. The lowest BCUT2D eigenvalue weighted by Gasteiger charge is -2.09. The molecule has 19 heavy (non-hydrogen) atoms. The number of nitriles is 1. The van der Waals surface area contributed by atoms with Gasteiger partial charge in [-0.05, 0) is 31.4 Å². The SMILES string of the molecule is Cc1ccc(C)c(-c2cnc(C(C#N)C(C)C)[nH]2)c1. The second-order valence-corrected chi connectivity index (χ2v) is 5.35. The highest BCUT2D eigenvalue weighted by Crippen LogP contribution is 2.26. The van der Waals surface area contributed by atoms with Crippen molar-refractivity contribution in [2.75, 3.05) is 0 Å². The summed E-state index contributed by atoms with van der Waals surface area (Å²) in [5.41, 5.74) is 4.56. The second-order valence-electron chi connectivity index (χ2n) is 5.35. The molecular formula is C16H19N3. The molecule has 0 aliphatic heterocycles. The van der Waals surface area contributed by atoms with Crippen LogP contribution >= 0.6 is 0 Å². The Morgan fingerprint density at radius 3 is 2.63 bits per heavy atom. The molecule has 3 nitrogen and oxygen atoms in total. The first-order valence-corrected chi connectivity index (χ1v) is 6.55. The Hall–Kier alpha value is -2.08. The van der Waals surface area contributed by atoms with Crippen LogP contribution in [-0.4, -0.2) is 9.97 Å². The number of aromatic nitrogens is 2. The molecule has 0 amide bonds. The van der Waals surface area contributed by atoms with Crippen molar-refractivity contribution in [2.24, 2.45) is 5.92 Å². The largest absolute Gasteiger partial charge is 0.341 e. The van der Waals surface area contributed by atoms with Crippen LogP contribution in [0.15, 0.2) is 24.4 Å². The van der Waals surface area contributed by atoms with Crippen LogP contribution in [0.4, 0.5) is 0 Å². The van der Waals surface area contributed by atoms with Gasteiger partial charge in [0.25, 0.3) is 0 Å². The van der Waals surface area contributed by atoms with Crippen LogP contribution in [0.3, 0.4) is 0 Å². The number of hydrogen-bond donors (Lipinski definition) is 1. The van der Waals surface area contributed by atoms with E-state index in [2.05, 4.69) is 48.1 Å². The molecular weight excluding hydrogens is 234 g/mol. The molecule has 0 spiro atoms. The second kappa shape index (κ2) is 5.27. The van der Waals surface area contributed by atoms with Crippen LogP contribution in [0.25, 0.3) is 11.3 Å². The monoisotopic (exact) mass is 253 g/mol. The smallest absolute Gasteiger partial charge is 0.124 e. The van der Waals surface area contributed by atoms with Crippen molar-refractivity contribution in [3.8, 4) is 17.3 Å². The average Bonchev–Trinajstić information content (AvgIpc) is 2.82. The van der Waals surface area contributed by atoms with Crippen LogP contribution in [0, 0.1) is 31.1 Å². The molecule has 1 aromatic carbocycles. The van der Waals surface area contributed by atoms with Crippen LogP contribution in [0.2, 0.25) is 0 Å². The van der Waals surface area contributed by atoms with Crippen LogP contribution in [0.1, 0.15) is 36.7 Å². The number of nitrogens with zero attached hydrogens (tertiary/aromatic N) is 2. The number of H-pyrrole nitrogens is 1. The van der Waals surface area contributed by atoms with Gasteiger partial charge in [0.1, 0.15) is 11.7 Å². The highest BCUT2D eigenvalue weighted by atomic mass is 14.9. The summed E-state index contributed by atoms with van der Waals surface area (Å²) in [6.07, 6.45) is 1.82. The van der Waals surface area contributed by atoms with Gasteiger partial charge in [0, 0.05) is 5.56 Å². The summed E-state index contributed by atoms with van der Waals surface area (Å²) in [4.78, 5) is 7.67. The van der Waals surface area contributed by atoms with E-state index < -0.39 is 0 Å². The van der Waals surface area contributed by atoms with Gasteiger partial charge < -0.3 is 4.98 Å². The summed E-state index contributed by atoms with van der Waals surface area (Å²) in [6, 6.07) is 8.66. The Morgan fingerprint density at radius 2 is 2.00 bits per heavy atom. The van der Waals surface area contributed by atoms with Gasteiger partial charge in [0.2, 0.25) is 0 Å². The number of rotatable bonds is 3. The van der Waals surface area contributed by atoms with E-state index in [9.17, 15) is 5.26 Å². The molecule has 0 aliphatic rings. The predicted molar refractivity (Wildman–Crippen MR) is 76.7 cm³/mol. The van der Waals surface area contributed by atoms with E-state index in [1.54, 1.807) is 0 Å². The molecule has 1 heterocycles. The summed E-state index contributed by atoms with van der Waals surface area (Å²) >= 11 is 0. The van der Waals surface area contributed by atoms with Gasteiger partial charge >= 0.3 is 0 Å². The number of imidazole rings is 1. The molecule has 2 aromatic rings. The summed E-state index contributed by atoms with van der Waals surface area (Å²) in [7, 11) is 0. The average molecular weight is 253 g/mol. The highest BCUT2D eigenvalue weighted by Gasteiger charge is 2.19. The molecule has 0 saturated carbocycles. The van der Waals surface area contributed by atoms with E-state index in [1.807, 2.05) is 20.0 Å². The Kier molecular flexibility index (Phi) is 3.71. The topological polar surface area (TPSA) is 52.5 Å². The molecule has 3 heteroatoms. The number of aryl methyl sites for hydroxylation is 2. The molecule has 0 bridgehead atoms. The zero-order valence-corrected chi connectivity index (χ0v) is 11.9. The Bertz CT molecular complexity index is 617. The number of aromatic amines is 1. The van der Waals surface area contributed by atoms with Crippen molar-refractivity contribution in [2.45, 2.75) is 33.6 Å². The fourth-order valence-electron chi connectivity index (χ4n) is 2.18. The van der Waals surface area contributed by atoms with E-state index in [4.69, 9.17) is 0 Å². The van der Waals surface area contributed by atoms with Gasteiger partial charge in [0.15, 0.2) is 0 Å². The number of hydrogen-bond acceptors (Lipinski definition) is 2. The molecule has 1 N–H and O–H groups in total. The van der Waals surface area contributed by atoms with Crippen LogP contribution < -0.4 is 0 Å². The fraction of sp³-hybridized carbons (Fsp3) is 0.375. The fourth-order valence-corrected chi connectivity index (χ4v) is 2.18. The normalized spacial score (nSPS) is 12.4. The van der Waals surface area contributed by atoms with E-state index in [0.29, 0.717) is 0 Å². The minimum absolute atomic E-state index is 0.182. The lowest BCUT2D eigenvalue weighted by Crippen LogP contribution is -2.05. The summed E-state index contributed by atoms with van der Waals surface area (Å²) in [5.74, 6) is 0.829. The summed E-state index contributed by atoms with van der Waals surface area (Å²) in [5, 5.41) is 9.22. The predicted octanol–water partition coefficient (Wildman–Crippen LogP) is 3.96. The van der Waals surface area contributed by atoms with E-state index in [-0.39, 0.29) is 11.8 Å². The number of benzene rings is 1. The minimum atomic E-state index is -0.182. The zero-order chi connectivity index (χ0) is 14.0. The highest BCUT2D eigenvalue weighted by molar-refractivity contribution is 5.64. The third-order valence-corrected chi connectivity index (χ3v) is 3.38. The summed E-state index contributed by atoms with van der Waals surface area (Å²) in [6.45, 7) is 8.23. The molecule has 0 aliphatic carbocycles. The third-order valence-electron chi connectivity index (χ3n) is 3.38. The molecule has 98 valence electrons. The molecule has 1 unspecified atom stereocenters. The Balaban J connectivity index is 2.41. The first kappa shape index (κ1) is 13.4. The molecule has 0 saturated heterocycles. The van der Waals surface area contributed by atoms with E-state index in [1.165, 1.54) is 11.1 Å². The Morgan fingerprint density at radius 1 is 1.26 bits per heavy atom. The van der Waals surface area contributed by atoms with Crippen molar-refractivity contribution in [3.63, 3.8) is 0 Å². The number of nitrogens with one attached hydrogen (secondary N) is 1. The zero-order valence-electron chi connectivity index (χ0n) is 11.9. The van der Waals surface area contributed by atoms with Gasteiger partial charge in [0.05, 0.1) is 18.0 Å². The van der Waals surface area contributed by atoms with Gasteiger partial charge in [-0.1, -0.05) is 31.5 Å². The van der Waals surface area contributed by atoms with Crippen LogP contribution in [-0.2, 0) is 0 Å². The molecule has 0 radical (unpaired) electrons. The van der Waals surface area contributed by atoms with Crippen molar-refractivity contribution in [3.05, 3.63) is 41.3 Å². The molecule has 0 fully saturated rings. The standard InChI is InChI=1S/C16H19N3/c1-10(2)14(8-17)16-18-9-15(19-16)13-7-11(3)5-6-12(13)4/h5-7,9-10,14H,1-4H3,(H,18,19). The van der Waals surface area contributed by atoms with Crippen molar-refractivity contribution < 1.29 is 0 Å². The molecule has 1 atom stereocenters. The third kappa shape index (κ3) is 2.68. The maximum Gasteiger partial charge on any atom is 0.124 e. The van der Waals surface area contributed by atoms with Gasteiger partial charge in [-0.2, -0.15) is 5.26 Å². The van der Waals surface area contributed by atoms with Gasteiger partial charge in [-0.25, -0.2) is 4.98 Å². The lowest BCUT2D eigenvalue weighted by atomic mass is 9.97. The van der Waals surface area contributed by atoms with E-state index >= 15 is 0 Å². The Labute approximate surface area is 114 Å². The van der Waals surface area contributed by atoms with Crippen molar-refractivity contribution >= 4 is 0 Å². The van der Waals surface area contributed by atoms with Crippen molar-refractivity contribution in [1.82, 2.24) is 9.97 Å². The lowest BCUT2D eigenvalue weighted by molar-refractivity contribution is 0.566. The first-order chi connectivity index (χ1) is 9.02. The minimum Gasteiger partial charge on any atom is -0.341 e. The van der Waals surface area contributed by atoms with Crippen LogP contribution in [0.5, 0.6) is 0 Å². The first-order valence-electron chi connectivity index (χ1n) is 6.55. The summed E-state index contributed by atoms with van der Waals surface area (Å²) < 4.78 is 0. The quantitative estimate of drug-likeness (QED) is 0.900.